The number of allylic oxidation sites excluding steroid dienone is 1. The Hall–Kier alpha value is -0.220. The second-order valence-electron chi connectivity index (χ2n) is 5.81. The zero-order valence-electron chi connectivity index (χ0n) is 12.2. The van der Waals surface area contributed by atoms with Gasteiger partial charge in [0.25, 0.3) is 0 Å². The highest BCUT2D eigenvalue weighted by atomic mass is 79.9. The van der Waals surface area contributed by atoms with E-state index >= 15 is 0 Å². The van der Waals surface area contributed by atoms with Gasteiger partial charge in [-0.15, -0.1) is 11.8 Å². The van der Waals surface area contributed by atoms with Crippen molar-refractivity contribution in [3.05, 3.63) is 10.6 Å². The smallest absolute Gasteiger partial charge is 0.00859 e. The van der Waals surface area contributed by atoms with Gasteiger partial charge in [0, 0.05) is 6.42 Å². The van der Waals surface area contributed by atoms with Gasteiger partial charge in [0.2, 0.25) is 0 Å². The van der Waals surface area contributed by atoms with Crippen molar-refractivity contribution in [2.45, 2.75) is 72.1 Å². The Morgan fingerprint density at radius 3 is 2.67 bits per heavy atom. The molecule has 2 aliphatic rings. The van der Waals surface area contributed by atoms with Crippen molar-refractivity contribution >= 4 is 15.9 Å². The molecule has 0 saturated heterocycles. The van der Waals surface area contributed by atoms with Crippen LogP contribution in [0.5, 0.6) is 0 Å². The van der Waals surface area contributed by atoms with Crippen molar-refractivity contribution in [3.63, 3.8) is 0 Å². The third kappa shape index (κ3) is 4.16. The first-order valence-corrected chi connectivity index (χ1v) is 8.28. The SMILES string of the molecule is CC#CCCC.CC12CCC/C(=C\Br)C1CCC2. The molecule has 0 aromatic rings. The van der Waals surface area contributed by atoms with Gasteiger partial charge in [-0.1, -0.05) is 41.8 Å². The monoisotopic (exact) mass is 310 g/mol. The Kier molecular flexibility index (Phi) is 7.08. The molecule has 0 radical (unpaired) electrons. The lowest BCUT2D eigenvalue weighted by atomic mass is 9.68. The summed E-state index contributed by atoms with van der Waals surface area (Å²) in [5, 5.41) is 0. The topological polar surface area (TPSA) is 0 Å². The fourth-order valence-electron chi connectivity index (χ4n) is 3.42. The predicted octanol–water partition coefficient (Wildman–Crippen LogP) is 6.07. The average molecular weight is 311 g/mol. The summed E-state index contributed by atoms with van der Waals surface area (Å²) < 4.78 is 0. The molecule has 0 aromatic heterocycles. The Balaban J connectivity index is 0.000000232. The van der Waals surface area contributed by atoms with Crippen molar-refractivity contribution in [1.82, 2.24) is 0 Å². The third-order valence-corrected chi connectivity index (χ3v) is 5.02. The van der Waals surface area contributed by atoms with E-state index in [9.17, 15) is 0 Å². The molecule has 0 aromatic carbocycles. The molecule has 0 nitrogen and oxygen atoms in total. The Bertz CT molecular complexity index is 331. The van der Waals surface area contributed by atoms with Crippen LogP contribution in [-0.4, -0.2) is 0 Å². The van der Waals surface area contributed by atoms with E-state index < -0.39 is 0 Å². The molecule has 2 fully saturated rings. The summed E-state index contributed by atoms with van der Waals surface area (Å²) in [6.07, 6.45) is 10.8. The van der Waals surface area contributed by atoms with Crippen LogP contribution in [0, 0.1) is 23.2 Å². The zero-order chi connectivity index (χ0) is 13.4. The zero-order valence-corrected chi connectivity index (χ0v) is 13.8. The quantitative estimate of drug-likeness (QED) is 0.516. The maximum absolute atomic E-state index is 3.51. The second-order valence-corrected chi connectivity index (χ2v) is 6.27. The van der Waals surface area contributed by atoms with E-state index in [1.165, 1.54) is 44.9 Å². The summed E-state index contributed by atoms with van der Waals surface area (Å²) in [7, 11) is 0. The van der Waals surface area contributed by atoms with E-state index in [0.29, 0.717) is 5.41 Å². The summed E-state index contributed by atoms with van der Waals surface area (Å²) in [5.74, 6) is 6.67. The summed E-state index contributed by atoms with van der Waals surface area (Å²) in [5.41, 5.74) is 2.35. The van der Waals surface area contributed by atoms with E-state index in [1.54, 1.807) is 5.57 Å². The molecule has 2 rings (SSSR count). The highest BCUT2D eigenvalue weighted by Crippen LogP contribution is 2.54. The summed E-state index contributed by atoms with van der Waals surface area (Å²) in [6.45, 7) is 6.49. The van der Waals surface area contributed by atoms with E-state index in [0.717, 1.165) is 12.3 Å². The third-order valence-electron chi connectivity index (χ3n) is 4.43. The first kappa shape index (κ1) is 15.8. The van der Waals surface area contributed by atoms with Gasteiger partial charge >= 0.3 is 0 Å². The van der Waals surface area contributed by atoms with Gasteiger partial charge in [-0.25, -0.2) is 0 Å². The first-order chi connectivity index (χ1) is 8.68. The van der Waals surface area contributed by atoms with Crippen LogP contribution < -0.4 is 0 Å². The van der Waals surface area contributed by atoms with E-state index in [1.807, 2.05) is 6.92 Å². The summed E-state index contributed by atoms with van der Waals surface area (Å²) in [4.78, 5) is 2.19. The maximum Gasteiger partial charge on any atom is 0.00859 e. The van der Waals surface area contributed by atoms with Crippen molar-refractivity contribution in [2.24, 2.45) is 11.3 Å². The van der Waals surface area contributed by atoms with Crippen LogP contribution in [0.25, 0.3) is 0 Å². The van der Waals surface area contributed by atoms with Crippen LogP contribution in [0.3, 0.4) is 0 Å². The number of fused-ring (bicyclic) bond motifs is 1. The fourth-order valence-corrected chi connectivity index (χ4v) is 3.96. The molecule has 102 valence electrons. The summed E-state index contributed by atoms with van der Waals surface area (Å²) in [6, 6.07) is 0. The average Bonchev–Trinajstić information content (AvgIpc) is 2.78. The van der Waals surface area contributed by atoms with Crippen LogP contribution in [0.4, 0.5) is 0 Å². The summed E-state index contributed by atoms with van der Waals surface area (Å²) >= 11 is 3.51. The second kappa shape index (κ2) is 8.05. The molecule has 18 heavy (non-hydrogen) atoms. The fraction of sp³-hybridized carbons (Fsp3) is 0.765. The lowest BCUT2D eigenvalue weighted by Crippen LogP contribution is -2.27. The number of hydrogen-bond donors (Lipinski definition) is 0. The van der Waals surface area contributed by atoms with Crippen LogP contribution >= 0.6 is 15.9 Å². The Labute approximate surface area is 122 Å². The molecule has 0 amide bonds. The normalized spacial score (nSPS) is 32.0. The van der Waals surface area contributed by atoms with Crippen LogP contribution in [0.2, 0.25) is 0 Å². The maximum atomic E-state index is 3.51. The van der Waals surface area contributed by atoms with Crippen molar-refractivity contribution < 1.29 is 0 Å². The molecular formula is C17H27Br. The molecule has 0 bridgehead atoms. The van der Waals surface area contributed by atoms with Gasteiger partial charge in [0.1, 0.15) is 0 Å². The molecule has 0 aliphatic heterocycles. The standard InChI is InChI=1S/C11H17Br.C6H10/c1-11-6-2-4-9(8-12)10(11)5-3-7-11;1-3-5-6-4-2/h8,10H,2-7H2,1H3;3,5H2,1-2H3/b9-8+;. The molecular weight excluding hydrogens is 284 g/mol. The van der Waals surface area contributed by atoms with Gasteiger partial charge in [0.05, 0.1) is 0 Å². The minimum Gasteiger partial charge on any atom is -0.107 e. The highest BCUT2D eigenvalue weighted by Gasteiger charge is 2.42. The van der Waals surface area contributed by atoms with E-state index in [2.05, 4.69) is 46.6 Å². The predicted molar refractivity (Wildman–Crippen MR) is 84.7 cm³/mol. The van der Waals surface area contributed by atoms with Crippen LogP contribution in [-0.2, 0) is 0 Å². The van der Waals surface area contributed by atoms with Gasteiger partial charge in [-0.3, -0.25) is 0 Å². The molecule has 1 heteroatoms. The van der Waals surface area contributed by atoms with Gasteiger partial charge in [0.15, 0.2) is 0 Å². The number of halogens is 1. The largest absolute Gasteiger partial charge is 0.107 e. The molecule has 2 atom stereocenters. The minimum atomic E-state index is 0.665. The molecule has 2 saturated carbocycles. The number of unbranched alkanes of at least 4 members (excludes halogenated alkanes) is 1. The molecule has 0 N–H and O–H groups in total. The Morgan fingerprint density at radius 1 is 1.39 bits per heavy atom. The lowest BCUT2D eigenvalue weighted by molar-refractivity contribution is 0.202. The van der Waals surface area contributed by atoms with Crippen LogP contribution in [0.15, 0.2) is 10.6 Å². The lowest BCUT2D eigenvalue weighted by Gasteiger charge is -2.38. The molecule has 0 spiro atoms. The molecule has 2 aliphatic carbocycles. The van der Waals surface area contributed by atoms with Gasteiger partial charge < -0.3 is 0 Å². The van der Waals surface area contributed by atoms with Gasteiger partial charge in [-0.2, -0.15) is 0 Å². The van der Waals surface area contributed by atoms with Crippen molar-refractivity contribution in [2.75, 3.05) is 0 Å². The van der Waals surface area contributed by atoms with Crippen molar-refractivity contribution in [1.29, 1.82) is 0 Å². The Morgan fingerprint density at radius 2 is 2.11 bits per heavy atom. The van der Waals surface area contributed by atoms with E-state index in [4.69, 9.17) is 0 Å². The number of rotatable bonds is 1. The molecule has 0 heterocycles. The highest BCUT2D eigenvalue weighted by molar-refractivity contribution is 9.11. The molecule has 2 unspecified atom stereocenters. The van der Waals surface area contributed by atoms with Crippen molar-refractivity contribution in [3.8, 4) is 11.8 Å². The van der Waals surface area contributed by atoms with E-state index in [-0.39, 0.29) is 0 Å². The first-order valence-electron chi connectivity index (χ1n) is 7.36. The number of hydrogen-bond acceptors (Lipinski definition) is 0. The van der Waals surface area contributed by atoms with Gasteiger partial charge in [-0.05, 0) is 61.8 Å². The van der Waals surface area contributed by atoms with Crippen LogP contribution in [0.1, 0.15) is 72.1 Å². The minimum absolute atomic E-state index is 0.665.